The van der Waals surface area contributed by atoms with Crippen molar-refractivity contribution in [3.63, 3.8) is 0 Å². The molecular weight excluding hydrogens is 316 g/mol. The lowest BCUT2D eigenvalue weighted by atomic mass is 9.93. The van der Waals surface area contributed by atoms with E-state index in [2.05, 4.69) is 15.9 Å². The first kappa shape index (κ1) is 13.0. The Morgan fingerprint density at radius 1 is 1.16 bits per heavy atom. The molecule has 2 fully saturated rings. The van der Waals surface area contributed by atoms with E-state index in [0.717, 1.165) is 18.9 Å². The van der Waals surface area contributed by atoms with Crippen LogP contribution >= 0.6 is 15.9 Å². The molecule has 0 atom stereocenters. The number of benzene rings is 1. The molecular formula is C14H14BrF2NO. The fourth-order valence-corrected chi connectivity index (χ4v) is 3.07. The largest absolute Gasteiger partial charge is 0.338 e. The molecule has 1 heterocycles. The maximum Gasteiger partial charge on any atom is 0.259 e. The van der Waals surface area contributed by atoms with Crippen molar-refractivity contribution in [3.8, 4) is 0 Å². The fourth-order valence-electron chi connectivity index (χ4n) is 2.74. The molecule has 19 heavy (non-hydrogen) atoms. The first-order valence-corrected chi connectivity index (χ1v) is 7.25. The summed E-state index contributed by atoms with van der Waals surface area (Å²) in [7, 11) is 0. The van der Waals surface area contributed by atoms with Crippen LogP contribution in [0.25, 0.3) is 0 Å². The predicted molar refractivity (Wildman–Crippen MR) is 70.9 cm³/mol. The Morgan fingerprint density at radius 2 is 1.79 bits per heavy atom. The summed E-state index contributed by atoms with van der Waals surface area (Å²) in [6.07, 6.45) is 4.37. The van der Waals surface area contributed by atoms with Crippen LogP contribution in [0.15, 0.2) is 16.6 Å². The SMILES string of the molecule is O=C(c1c(F)ccc(Br)c1F)N1CCC2(CC1)CC2. The van der Waals surface area contributed by atoms with E-state index in [1.807, 2.05) is 0 Å². The molecule has 0 aromatic heterocycles. The van der Waals surface area contributed by atoms with E-state index >= 15 is 0 Å². The third kappa shape index (κ3) is 2.29. The predicted octanol–water partition coefficient (Wildman–Crippen LogP) is 3.74. The Hall–Kier alpha value is -0.970. The second-order valence-corrected chi connectivity index (χ2v) is 6.36. The maximum absolute atomic E-state index is 13.9. The van der Waals surface area contributed by atoms with Crippen LogP contribution in [0.5, 0.6) is 0 Å². The number of nitrogens with zero attached hydrogens (tertiary/aromatic N) is 1. The molecule has 0 radical (unpaired) electrons. The topological polar surface area (TPSA) is 20.3 Å². The molecule has 0 N–H and O–H groups in total. The second-order valence-electron chi connectivity index (χ2n) is 5.51. The summed E-state index contributed by atoms with van der Waals surface area (Å²) in [5, 5.41) is 0. The number of hydrogen-bond donors (Lipinski definition) is 0. The van der Waals surface area contributed by atoms with Crippen LogP contribution in [0.1, 0.15) is 36.0 Å². The zero-order chi connectivity index (χ0) is 13.6. The molecule has 1 amide bonds. The highest BCUT2D eigenvalue weighted by Gasteiger charge is 2.45. The highest BCUT2D eigenvalue weighted by molar-refractivity contribution is 9.10. The number of carbonyl (C=O) groups is 1. The van der Waals surface area contributed by atoms with Gasteiger partial charge in [0.15, 0.2) is 5.82 Å². The molecule has 1 saturated heterocycles. The summed E-state index contributed by atoms with van der Waals surface area (Å²) in [4.78, 5) is 13.8. The van der Waals surface area contributed by atoms with Crippen molar-refractivity contribution in [2.75, 3.05) is 13.1 Å². The van der Waals surface area contributed by atoms with Gasteiger partial charge in [0.2, 0.25) is 0 Å². The number of rotatable bonds is 1. The van der Waals surface area contributed by atoms with E-state index < -0.39 is 23.1 Å². The van der Waals surface area contributed by atoms with Crippen LogP contribution in [0.4, 0.5) is 8.78 Å². The Kier molecular flexibility index (Phi) is 3.12. The molecule has 5 heteroatoms. The zero-order valence-electron chi connectivity index (χ0n) is 10.4. The number of amides is 1. The van der Waals surface area contributed by atoms with Crippen LogP contribution < -0.4 is 0 Å². The minimum Gasteiger partial charge on any atom is -0.338 e. The molecule has 0 bridgehead atoms. The van der Waals surface area contributed by atoms with Crippen molar-refractivity contribution in [1.29, 1.82) is 0 Å². The van der Waals surface area contributed by atoms with Gasteiger partial charge in [-0.3, -0.25) is 4.79 Å². The number of likely N-dealkylation sites (tertiary alicyclic amines) is 1. The fraction of sp³-hybridized carbons (Fsp3) is 0.500. The van der Waals surface area contributed by atoms with Gasteiger partial charge < -0.3 is 4.90 Å². The van der Waals surface area contributed by atoms with E-state index in [0.29, 0.717) is 18.5 Å². The van der Waals surface area contributed by atoms with E-state index in [-0.39, 0.29) is 4.47 Å². The van der Waals surface area contributed by atoms with Crippen LogP contribution in [-0.2, 0) is 0 Å². The Bertz CT molecular complexity index is 532. The lowest BCUT2D eigenvalue weighted by molar-refractivity contribution is 0.0668. The Balaban J connectivity index is 1.82. The van der Waals surface area contributed by atoms with Gasteiger partial charge in [0.1, 0.15) is 11.4 Å². The monoisotopic (exact) mass is 329 g/mol. The summed E-state index contributed by atoms with van der Waals surface area (Å²) in [6.45, 7) is 1.20. The minimum absolute atomic E-state index is 0.118. The zero-order valence-corrected chi connectivity index (χ0v) is 12.0. The average molecular weight is 330 g/mol. The summed E-state index contributed by atoms with van der Waals surface area (Å²) in [6, 6.07) is 2.39. The van der Waals surface area contributed by atoms with Crippen LogP contribution in [-0.4, -0.2) is 23.9 Å². The van der Waals surface area contributed by atoms with Gasteiger partial charge in [0, 0.05) is 13.1 Å². The first-order valence-electron chi connectivity index (χ1n) is 6.45. The summed E-state index contributed by atoms with van der Waals surface area (Å²) < 4.78 is 27.7. The van der Waals surface area contributed by atoms with Crippen molar-refractivity contribution in [2.45, 2.75) is 25.7 Å². The molecule has 1 saturated carbocycles. The summed E-state index contributed by atoms with van der Waals surface area (Å²) >= 11 is 2.99. The van der Waals surface area contributed by atoms with Crippen molar-refractivity contribution in [3.05, 3.63) is 33.8 Å². The van der Waals surface area contributed by atoms with E-state index in [1.54, 1.807) is 4.90 Å². The molecule has 3 rings (SSSR count). The number of halogens is 3. The number of carbonyl (C=O) groups excluding carboxylic acids is 1. The third-order valence-electron chi connectivity index (χ3n) is 4.33. The van der Waals surface area contributed by atoms with Crippen molar-refractivity contribution >= 4 is 21.8 Å². The Morgan fingerprint density at radius 3 is 2.37 bits per heavy atom. The standard InChI is InChI=1S/C14H14BrF2NO/c15-9-1-2-10(16)11(12(9)17)13(19)18-7-5-14(3-4-14)6-8-18/h1-2H,3-8H2. The minimum atomic E-state index is -0.809. The van der Waals surface area contributed by atoms with Gasteiger partial charge >= 0.3 is 0 Å². The van der Waals surface area contributed by atoms with Gasteiger partial charge in [0.05, 0.1) is 4.47 Å². The van der Waals surface area contributed by atoms with Crippen LogP contribution in [0, 0.1) is 17.0 Å². The molecule has 1 aromatic rings. The summed E-state index contributed by atoms with van der Waals surface area (Å²) in [5.41, 5.74) is -0.00775. The third-order valence-corrected chi connectivity index (χ3v) is 4.94. The lowest BCUT2D eigenvalue weighted by Gasteiger charge is -2.32. The molecule has 1 aliphatic heterocycles. The van der Waals surface area contributed by atoms with Crippen LogP contribution in [0.3, 0.4) is 0 Å². The van der Waals surface area contributed by atoms with Gasteiger partial charge in [0.25, 0.3) is 5.91 Å². The molecule has 0 unspecified atom stereocenters. The van der Waals surface area contributed by atoms with E-state index in [1.165, 1.54) is 18.9 Å². The van der Waals surface area contributed by atoms with Gasteiger partial charge in [-0.25, -0.2) is 8.78 Å². The van der Waals surface area contributed by atoms with E-state index in [4.69, 9.17) is 0 Å². The van der Waals surface area contributed by atoms with Gasteiger partial charge in [-0.1, -0.05) is 0 Å². The normalized spacial score (nSPS) is 20.7. The second kappa shape index (κ2) is 4.54. The highest BCUT2D eigenvalue weighted by Crippen LogP contribution is 2.53. The molecule has 2 nitrogen and oxygen atoms in total. The lowest BCUT2D eigenvalue weighted by Crippen LogP contribution is -2.39. The van der Waals surface area contributed by atoms with Gasteiger partial charge in [-0.15, -0.1) is 0 Å². The van der Waals surface area contributed by atoms with E-state index in [9.17, 15) is 13.6 Å². The molecule has 1 aromatic carbocycles. The van der Waals surface area contributed by atoms with Gasteiger partial charge in [-0.2, -0.15) is 0 Å². The number of piperidine rings is 1. The maximum atomic E-state index is 13.9. The van der Waals surface area contributed by atoms with Crippen molar-refractivity contribution in [1.82, 2.24) is 4.90 Å². The first-order chi connectivity index (χ1) is 9.02. The van der Waals surface area contributed by atoms with Crippen molar-refractivity contribution < 1.29 is 13.6 Å². The number of hydrogen-bond acceptors (Lipinski definition) is 1. The Labute approximate surface area is 118 Å². The smallest absolute Gasteiger partial charge is 0.259 e. The molecule has 1 spiro atoms. The highest BCUT2D eigenvalue weighted by atomic mass is 79.9. The summed E-state index contributed by atoms with van der Waals surface area (Å²) in [5.74, 6) is -2.14. The average Bonchev–Trinajstić information content (AvgIpc) is 3.15. The van der Waals surface area contributed by atoms with Gasteiger partial charge in [-0.05, 0) is 59.2 Å². The quantitative estimate of drug-likeness (QED) is 0.719. The van der Waals surface area contributed by atoms with Crippen LogP contribution in [0.2, 0.25) is 0 Å². The molecule has 2 aliphatic rings. The molecule has 1 aliphatic carbocycles. The van der Waals surface area contributed by atoms with Crippen molar-refractivity contribution in [2.24, 2.45) is 5.41 Å². The molecule has 102 valence electrons.